The Morgan fingerprint density at radius 1 is 1.57 bits per heavy atom. The number of halogens is 1. The Morgan fingerprint density at radius 3 is 2.86 bits per heavy atom. The average molecular weight is 213 g/mol. The van der Waals surface area contributed by atoms with Crippen LogP contribution in [-0.4, -0.2) is 18.6 Å². The third-order valence-electron chi connectivity index (χ3n) is 2.43. The van der Waals surface area contributed by atoms with E-state index in [4.69, 9.17) is 11.6 Å². The van der Waals surface area contributed by atoms with Crippen molar-refractivity contribution in [3.8, 4) is 0 Å². The molecule has 14 heavy (non-hydrogen) atoms. The van der Waals surface area contributed by atoms with Crippen molar-refractivity contribution in [1.82, 2.24) is 4.98 Å². The molecule has 0 saturated heterocycles. The van der Waals surface area contributed by atoms with Gasteiger partial charge in [0.25, 0.3) is 0 Å². The molecule has 1 unspecified atom stereocenters. The smallest absolute Gasteiger partial charge is 0.131 e. The summed E-state index contributed by atoms with van der Waals surface area (Å²) < 4.78 is 0. The Labute approximate surface area is 90.9 Å². The second-order valence-corrected chi connectivity index (χ2v) is 4.12. The molecule has 0 radical (unpaired) electrons. The van der Waals surface area contributed by atoms with Crippen molar-refractivity contribution < 1.29 is 0 Å². The highest BCUT2D eigenvalue weighted by atomic mass is 35.5. The summed E-state index contributed by atoms with van der Waals surface area (Å²) in [6, 6.07) is 3.87. The van der Waals surface area contributed by atoms with E-state index >= 15 is 0 Å². The van der Waals surface area contributed by atoms with E-state index in [0.29, 0.717) is 11.1 Å². The zero-order valence-electron chi connectivity index (χ0n) is 9.00. The minimum atomic E-state index is 0.554. The third kappa shape index (κ3) is 3.18. The molecule has 1 atom stereocenters. The van der Waals surface area contributed by atoms with E-state index in [2.05, 4.69) is 30.8 Å². The molecular weight excluding hydrogens is 196 g/mol. The first-order valence-corrected chi connectivity index (χ1v) is 5.34. The molecule has 1 heterocycles. The van der Waals surface area contributed by atoms with E-state index in [1.807, 2.05) is 12.1 Å². The van der Waals surface area contributed by atoms with Crippen molar-refractivity contribution in [2.45, 2.75) is 20.3 Å². The molecule has 0 amide bonds. The molecule has 0 aliphatic rings. The molecule has 1 aromatic heterocycles. The van der Waals surface area contributed by atoms with Gasteiger partial charge in [-0.05, 0) is 18.1 Å². The molecule has 0 saturated carbocycles. The van der Waals surface area contributed by atoms with E-state index < -0.39 is 0 Å². The van der Waals surface area contributed by atoms with Crippen LogP contribution in [0.25, 0.3) is 0 Å². The van der Waals surface area contributed by atoms with Gasteiger partial charge in [-0.1, -0.05) is 31.9 Å². The summed E-state index contributed by atoms with van der Waals surface area (Å²) in [4.78, 5) is 6.17. The topological polar surface area (TPSA) is 16.1 Å². The monoisotopic (exact) mass is 212 g/mol. The minimum Gasteiger partial charge on any atom is -0.374 e. The summed E-state index contributed by atoms with van der Waals surface area (Å²) in [5, 5.41) is 0.554. The summed E-state index contributed by atoms with van der Waals surface area (Å²) >= 11 is 5.82. The molecule has 0 aromatic carbocycles. The van der Waals surface area contributed by atoms with Gasteiger partial charge in [-0.3, -0.25) is 0 Å². The molecule has 0 aliphatic carbocycles. The Morgan fingerprint density at radius 2 is 2.29 bits per heavy atom. The first kappa shape index (κ1) is 11.3. The zero-order valence-corrected chi connectivity index (χ0v) is 9.75. The Bertz CT molecular complexity index is 288. The molecule has 0 bridgehead atoms. The Balaban J connectivity index is 2.64. The van der Waals surface area contributed by atoms with Gasteiger partial charge in [0.2, 0.25) is 0 Å². The molecule has 1 aromatic rings. The van der Waals surface area contributed by atoms with Gasteiger partial charge in [-0.15, -0.1) is 0 Å². The molecule has 2 nitrogen and oxygen atoms in total. The van der Waals surface area contributed by atoms with Gasteiger partial charge in [0, 0.05) is 25.5 Å². The summed E-state index contributed by atoms with van der Waals surface area (Å²) in [6.07, 6.45) is 2.94. The van der Waals surface area contributed by atoms with Crippen LogP contribution in [0.2, 0.25) is 5.15 Å². The lowest BCUT2D eigenvalue weighted by Crippen LogP contribution is -2.23. The maximum atomic E-state index is 5.82. The number of hydrogen-bond donors (Lipinski definition) is 0. The number of pyridine rings is 1. The van der Waals surface area contributed by atoms with Gasteiger partial charge in [-0.2, -0.15) is 0 Å². The molecule has 3 heteroatoms. The second-order valence-electron chi connectivity index (χ2n) is 3.73. The SMILES string of the molecule is CCC(C)CN(C)c1ccnc(Cl)c1. The van der Waals surface area contributed by atoms with Gasteiger partial charge in [-0.25, -0.2) is 4.98 Å². The zero-order chi connectivity index (χ0) is 10.6. The van der Waals surface area contributed by atoms with E-state index in [-0.39, 0.29) is 0 Å². The maximum absolute atomic E-state index is 5.82. The van der Waals surface area contributed by atoms with E-state index in [9.17, 15) is 0 Å². The van der Waals surface area contributed by atoms with Gasteiger partial charge < -0.3 is 4.90 Å². The van der Waals surface area contributed by atoms with Crippen molar-refractivity contribution >= 4 is 17.3 Å². The van der Waals surface area contributed by atoms with Gasteiger partial charge >= 0.3 is 0 Å². The predicted octanol–water partition coefficient (Wildman–Crippen LogP) is 3.22. The summed E-state index contributed by atoms with van der Waals surface area (Å²) in [5.41, 5.74) is 1.13. The predicted molar refractivity (Wildman–Crippen MR) is 62.0 cm³/mol. The van der Waals surface area contributed by atoms with Gasteiger partial charge in [0.05, 0.1) is 0 Å². The van der Waals surface area contributed by atoms with E-state index in [0.717, 1.165) is 12.2 Å². The highest BCUT2D eigenvalue weighted by molar-refractivity contribution is 6.29. The van der Waals surface area contributed by atoms with Crippen molar-refractivity contribution in [2.24, 2.45) is 5.92 Å². The largest absolute Gasteiger partial charge is 0.374 e. The third-order valence-corrected chi connectivity index (χ3v) is 2.64. The van der Waals surface area contributed by atoms with Crippen molar-refractivity contribution in [1.29, 1.82) is 0 Å². The normalized spacial score (nSPS) is 12.6. The molecule has 1 rings (SSSR count). The standard InChI is InChI=1S/C11H17ClN2/c1-4-9(2)8-14(3)10-5-6-13-11(12)7-10/h5-7,9H,4,8H2,1-3H3. The fourth-order valence-electron chi connectivity index (χ4n) is 1.33. The van der Waals surface area contributed by atoms with Crippen LogP contribution in [0.5, 0.6) is 0 Å². The number of rotatable bonds is 4. The molecule has 0 spiro atoms. The van der Waals surface area contributed by atoms with Crippen LogP contribution in [0, 0.1) is 5.92 Å². The lowest BCUT2D eigenvalue weighted by molar-refractivity contribution is 0.560. The number of hydrogen-bond acceptors (Lipinski definition) is 2. The highest BCUT2D eigenvalue weighted by Gasteiger charge is 2.05. The number of nitrogens with zero attached hydrogens (tertiary/aromatic N) is 2. The van der Waals surface area contributed by atoms with Crippen molar-refractivity contribution in [3.05, 3.63) is 23.5 Å². The molecule has 0 fully saturated rings. The van der Waals surface area contributed by atoms with E-state index in [1.165, 1.54) is 6.42 Å². The minimum absolute atomic E-state index is 0.554. The first-order chi connectivity index (χ1) is 6.63. The highest BCUT2D eigenvalue weighted by Crippen LogP contribution is 2.17. The quantitative estimate of drug-likeness (QED) is 0.713. The van der Waals surface area contributed by atoms with Gasteiger partial charge in [0.15, 0.2) is 0 Å². The lowest BCUT2D eigenvalue weighted by Gasteiger charge is -2.22. The maximum Gasteiger partial charge on any atom is 0.131 e. The summed E-state index contributed by atoms with van der Waals surface area (Å²) in [6.45, 7) is 5.51. The van der Waals surface area contributed by atoms with Crippen LogP contribution in [-0.2, 0) is 0 Å². The lowest BCUT2D eigenvalue weighted by atomic mass is 10.1. The molecule has 78 valence electrons. The van der Waals surface area contributed by atoms with Crippen LogP contribution in [0.3, 0.4) is 0 Å². The van der Waals surface area contributed by atoms with Crippen LogP contribution in [0.15, 0.2) is 18.3 Å². The fourth-order valence-corrected chi connectivity index (χ4v) is 1.50. The molecule has 0 N–H and O–H groups in total. The fraction of sp³-hybridized carbons (Fsp3) is 0.545. The van der Waals surface area contributed by atoms with Crippen LogP contribution in [0.1, 0.15) is 20.3 Å². The van der Waals surface area contributed by atoms with Crippen LogP contribution >= 0.6 is 11.6 Å². The van der Waals surface area contributed by atoms with Crippen molar-refractivity contribution in [2.75, 3.05) is 18.5 Å². The average Bonchev–Trinajstić information content (AvgIpc) is 2.17. The van der Waals surface area contributed by atoms with Crippen molar-refractivity contribution in [3.63, 3.8) is 0 Å². The first-order valence-electron chi connectivity index (χ1n) is 4.96. The number of anilines is 1. The van der Waals surface area contributed by atoms with Crippen LogP contribution in [0.4, 0.5) is 5.69 Å². The van der Waals surface area contributed by atoms with Crippen LogP contribution < -0.4 is 4.90 Å². The summed E-state index contributed by atoms with van der Waals surface area (Å²) in [7, 11) is 2.08. The van der Waals surface area contributed by atoms with Gasteiger partial charge in [0.1, 0.15) is 5.15 Å². The Kier molecular flexibility index (Phi) is 4.21. The second kappa shape index (κ2) is 5.20. The summed E-state index contributed by atoms with van der Waals surface area (Å²) in [5.74, 6) is 0.701. The molecule has 0 aliphatic heterocycles. The molecular formula is C11H17ClN2. The Hall–Kier alpha value is -0.760. The number of aromatic nitrogens is 1. The van der Waals surface area contributed by atoms with E-state index in [1.54, 1.807) is 6.20 Å².